The number of rotatable bonds is 5. The Morgan fingerprint density at radius 3 is 2.76 bits per heavy atom. The molecule has 0 bridgehead atoms. The van der Waals surface area contributed by atoms with Crippen molar-refractivity contribution < 1.29 is 14.3 Å². The van der Waals surface area contributed by atoms with Crippen molar-refractivity contribution in [3.05, 3.63) is 21.5 Å². The van der Waals surface area contributed by atoms with Crippen molar-refractivity contribution in [2.45, 2.75) is 37.9 Å². The van der Waals surface area contributed by atoms with Crippen molar-refractivity contribution >= 4 is 51.4 Å². The van der Waals surface area contributed by atoms with Gasteiger partial charge in [0.05, 0.1) is 20.4 Å². The summed E-state index contributed by atoms with van der Waals surface area (Å²) < 4.78 is 16.3. The topological polar surface area (TPSA) is 55.1 Å². The minimum Gasteiger partial charge on any atom is -0.481 e. The fraction of sp³-hybridized carbons (Fsp3) is 0.429. The summed E-state index contributed by atoms with van der Waals surface area (Å²) in [6, 6.07) is 3.17. The molecule has 0 fully saturated rings. The van der Waals surface area contributed by atoms with E-state index < -0.39 is 5.97 Å². The number of thioether (sulfide) groups is 1. The molecule has 0 amide bonds. The molecule has 0 saturated carbocycles. The molecule has 1 aromatic heterocycles. The highest BCUT2D eigenvalue weighted by atomic mass is 127. The number of hydrogen-bond donors (Lipinski definition) is 1. The van der Waals surface area contributed by atoms with Crippen LogP contribution in [0.2, 0.25) is 0 Å². The van der Waals surface area contributed by atoms with Crippen molar-refractivity contribution in [1.29, 1.82) is 0 Å². The Balaban J connectivity index is 2.66. The SMILES string of the molecule is CCC(C)(C)n1c(SCC(=O)O)nc2cc(I)c(F)cc21. The van der Waals surface area contributed by atoms with Gasteiger partial charge in [0.1, 0.15) is 5.82 Å². The molecule has 0 spiro atoms. The van der Waals surface area contributed by atoms with Crippen molar-refractivity contribution in [2.24, 2.45) is 0 Å². The van der Waals surface area contributed by atoms with Crippen LogP contribution in [0.5, 0.6) is 0 Å². The fourth-order valence-corrected chi connectivity index (χ4v) is 3.36. The van der Waals surface area contributed by atoms with Gasteiger partial charge in [0.15, 0.2) is 5.16 Å². The highest BCUT2D eigenvalue weighted by Crippen LogP contribution is 2.33. The molecular formula is C14H16FIN2O2S. The summed E-state index contributed by atoms with van der Waals surface area (Å²) >= 11 is 3.09. The average molecular weight is 422 g/mol. The van der Waals surface area contributed by atoms with E-state index in [0.717, 1.165) is 18.2 Å². The highest BCUT2D eigenvalue weighted by molar-refractivity contribution is 14.1. The van der Waals surface area contributed by atoms with Gasteiger partial charge >= 0.3 is 5.97 Å². The second-order valence-corrected chi connectivity index (χ2v) is 7.44. The third-order valence-electron chi connectivity index (χ3n) is 3.46. The number of carboxylic acid groups (broad SMARTS) is 1. The molecule has 0 unspecified atom stereocenters. The van der Waals surface area contributed by atoms with Crippen molar-refractivity contribution in [3.8, 4) is 0 Å². The van der Waals surface area contributed by atoms with E-state index in [2.05, 4.69) is 4.98 Å². The van der Waals surface area contributed by atoms with Gasteiger partial charge in [-0.05, 0) is 48.9 Å². The molecule has 0 aliphatic heterocycles. The van der Waals surface area contributed by atoms with E-state index in [1.54, 1.807) is 6.07 Å². The minimum absolute atomic E-state index is 0.0668. The summed E-state index contributed by atoms with van der Waals surface area (Å²) in [4.78, 5) is 15.3. The Bertz CT molecular complexity index is 700. The summed E-state index contributed by atoms with van der Waals surface area (Å²) in [6.07, 6.45) is 0.826. The molecule has 2 rings (SSSR count). The Kier molecular flexibility index (Phi) is 4.82. The smallest absolute Gasteiger partial charge is 0.313 e. The number of hydrogen-bond acceptors (Lipinski definition) is 3. The average Bonchev–Trinajstić information content (AvgIpc) is 2.75. The van der Waals surface area contributed by atoms with Gasteiger partial charge in [-0.3, -0.25) is 4.79 Å². The monoisotopic (exact) mass is 422 g/mol. The van der Waals surface area contributed by atoms with Gasteiger partial charge in [0.2, 0.25) is 0 Å². The van der Waals surface area contributed by atoms with E-state index in [1.807, 2.05) is 47.9 Å². The number of imidazole rings is 1. The molecule has 1 heterocycles. The van der Waals surface area contributed by atoms with E-state index >= 15 is 0 Å². The molecule has 0 aliphatic rings. The molecule has 4 nitrogen and oxygen atoms in total. The number of fused-ring (bicyclic) bond motifs is 1. The van der Waals surface area contributed by atoms with Crippen LogP contribution in [0.15, 0.2) is 17.3 Å². The van der Waals surface area contributed by atoms with Crippen LogP contribution >= 0.6 is 34.4 Å². The number of benzene rings is 1. The number of nitrogens with zero attached hydrogens (tertiary/aromatic N) is 2. The summed E-state index contributed by atoms with van der Waals surface area (Å²) in [5.74, 6) is -1.25. The molecule has 0 aliphatic carbocycles. The maximum atomic E-state index is 13.9. The van der Waals surface area contributed by atoms with Crippen molar-refractivity contribution in [2.75, 3.05) is 5.75 Å². The Labute approximate surface area is 140 Å². The summed E-state index contributed by atoms with van der Waals surface area (Å²) in [5.41, 5.74) is 1.12. The highest BCUT2D eigenvalue weighted by Gasteiger charge is 2.25. The number of aromatic nitrogens is 2. The first-order valence-electron chi connectivity index (χ1n) is 6.49. The molecule has 21 heavy (non-hydrogen) atoms. The third-order valence-corrected chi connectivity index (χ3v) is 5.21. The zero-order valence-corrected chi connectivity index (χ0v) is 15.0. The summed E-state index contributed by atoms with van der Waals surface area (Å²) in [7, 11) is 0. The van der Waals surface area contributed by atoms with Gasteiger partial charge in [0, 0.05) is 11.6 Å². The quantitative estimate of drug-likeness (QED) is 0.583. The zero-order chi connectivity index (χ0) is 15.8. The molecular weight excluding hydrogens is 406 g/mol. The van der Waals surface area contributed by atoms with Crippen LogP contribution < -0.4 is 0 Å². The number of aliphatic carboxylic acids is 1. The second-order valence-electron chi connectivity index (χ2n) is 5.33. The lowest BCUT2D eigenvalue weighted by Gasteiger charge is -2.27. The number of halogens is 2. The van der Waals surface area contributed by atoms with E-state index in [0.29, 0.717) is 19.8 Å². The first kappa shape index (κ1) is 16.5. The fourth-order valence-electron chi connectivity index (χ4n) is 2.02. The summed E-state index contributed by atoms with van der Waals surface area (Å²) in [5, 5.41) is 9.48. The largest absolute Gasteiger partial charge is 0.481 e. The maximum absolute atomic E-state index is 13.9. The number of carbonyl (C=O) groups is 1. The predicted octanol–water partition coefficient (Wildman–Crippen LogP) is 4.10. The van der Waals surface area contributed by atoms with Crippen molar-refractivity contribution in [1.82, 2.24) is 9.55 Å². The molecule has 2 aromatic rings. The van der Waals surface area contributed by atoms with Crippen LogP contribution in [0, 0.1) is 9.39 Å². The molecule has 114 valence electrons. The molecule has 0 radical (unpaired) electrons. The normalized spacial score (nSPS) is 12.0. The van der Waals surface area contributed by atoms with Crippen LogP contribution in [-0.2, 0) is 10.3 Å². The van der Waals surface area contributed by atoms with Crippen LogP contribution in [0.25, 0.3) is 11.0 Å². The third kappa shape index (κ3) is 3.33. The van der Waals surface area contributed by atoms with E-state index in [-0.39, 0.29) is 17.1 Å². The lowest BCUT2D eigenvalue weighted by atomic mass is 10.0. The Morgan fingerprint density at radius 1 is 1.52 bits per heavy atom. The van der Waals surface area contributed by atoms with Gasteiger partial charge in [-0.2, -0.15) is 0 Å². The minimum atomic E-state index is -0.895. The molecule has 1 N–H and O–H groups in total. The molecule has 7 heteroatoms. The summed E-state index contributed by atoms with van der Waals surface area (Å²) in [6.45, 7) is 6.12. The maximum Gasteiger partial charge on any atom is 0.313 e. The molecule has 0 atom stereocenters. The van der Waals surface area contributed by atoms with Crippen LogP contribution in [0.4, 0.5) is 4.39 Å². The van der Waals surface area contributed by atoms with E-state index in [1.165, 1.54) is 6.07 Å². The van der Waals surface area contributed by atoms with Gasteiger partial charge in [-0.15, -0.1) is 0 Å². The van der Waals surface area contributed by atoms with Crippen molar-refractivity contribution in [3.63, 3.8) is 0 Å². The molecule has 1 aromatic carbocycles. The zero-order valence-electron chi connectivity index (χ0n) is 12.0. The Hall–Kier alpha value is -0.830. The first-order chi connectivity index (χ1) is 9.76. The number of carboxylic acids is 1. The first-order valence-corrected chi connectivity index (χ1v) is 8.55. The lowest BCUT2D eigenvalue weighted by Crippen LogP contribution is -2.26. The van der Waals surface area contributed by atoms with Crippen LogP contribution in [-0.4, -0.2) is 26.4 Å². The van der Waals surface area contributed by atoms with E-state index in [4.69, 9.17) is 5.11 Å². The van der Waals surface area contributed by atoms with Gasteiger partial charge in [0.25, 0.3) is 0 Å². The van der Waals surface area contributed by atoms with Gasteiger partial charge in [-0.1, -0.05) is 18.7 Å². The molecule has 0 saturated heterocycles. The van der Waals surface area contributed by atoms with Gasteiger partial charge < -0.3 is 9.67 Å². The van der Waals surface area contributed by atoms with Gasteiger partial charge in [-0.25, -0.2) is 9.37 Å². The van der Waals surface area contributed by atoms with E-state index in [9.17, 15) is 9.18 Å². The van der Waals surface area contributed by atoms with Crippen LogP contribution in [0.1, 0.15) is 27.2 Å². The van der Waals surface area contributed by atoms with Crippen LogP contribution in [0.3, 0.4) is 0 Å². The Morgan fingerprint density at radius 2 is 2.19 bits per heavy atom. The standard InChI is InChI=1S/C14H16FIN2O2S/c1-4-14(2,3)18-11-5-8(15)9(16)6-10(11)17-13(18)21-7-12(19)20/h5-6H,4,7H2,1-3H3,(H,19,20). The second kappa shape index (κ2) is 6.12. The lowest BCUT2D eigenvalue weighted by molar-refractivity contribution is -0.133. The predicted molar refractivity (Wildman–Crippen MR) is 90.4 cm³/mol.